The molecule has 0 aromatic heterocycles. The molecule has 0 saturated heterocycles. The summed E-state index contributed by atoms with van der Waals surface area (Å²) in [6, 6.07) is 17.6. The maximum atomic E-state index is 13.8. The first-order valence-electron chi connectivity index (χ1n) is 8.71. The van der Waals surface area contributed by atoms with Crippen molar-refractivity contribution in [2.24, 2.45) is 11.8 Å². The van der Waals surface area contributed by atoms with Gasteiger partial charge >= 0.3 is 0 Å². The fourth-order valence-corrected chi connectivity index (χ4v) is 7.38. The lowest BCUT2D eigenvalue weighted by Gasteiger charge is -2.42. The zero-order chi connectivity index (χ0) is 17.7. The van der Waals surface area contributed by atoms with Gasteiger partial charge < -0.3 is 5.11 Å². The Hall–Kier alpha value is -1.91. The van der Waals surface area contributed by atoms with Crippen LogP contribution >= 0.6 is 0 Å². The molecule has 2 saturated carbocycles. The lowest BCUT2D eigenvalue weighted by atomic mass is 9.78. The summed E-state index contributed by atoms with van der Waals surface area (Å²) in [5, 5.41) is 11.3. The van der Waals surface area contributed by atoms with Gasteiger partial charge in [0.25, 0.3) is 0 Å². The third kappa shape index (κ3) is 2.17. The molecule has 2 aromatic rings. The van der Waals surface area contributed by atoms with E-state index in [1.54, 1.807) is 42.5 Å². The first-order chi connectivity index (χ1) is 12.0. The number of hydrogen-bond acceptors (Lipinski definition) is 3. The number of aliphatic hydroxyl groups is 1. The van der Waals surface area contributed by atoms with Gasteiger partial charge in [0.05, 0.1) is 4.90 Å². The predicted molar refractivity (Wildman–Crippen MR) is 97.7 cm³/mol. The Balaban J connectivity index is 1.94. The van der Waals surface area contributed by atoms with Crippen LogP contribution in [0.3, 0.4) is 0 Å². The molecule has 2 aromatic carbocycles. The van der Waals surface area contributed by atoms with Crippen LogP contribution in [0, 0.1) is 11.8 Å². The zero-order valence-corrected chi connectivity index (χ0v) is 14.8. The molecule has 3 nitrogen and oxygen atoms in total. The second-order valence-electron chi connectivity index (χ2n) is 7.15. The zero-order valence-electron chi connectivity index (χ0n) is 14.0. The van der Waals surface area contributed by atoms with E-state index in [-0.39, 0.29) is 16.7 Å². The number of fused-ring (bicyclic) bond motifs is 2. The van der Waals surface area contributed by atoms with E-state index < -0.39 is 20.7 Å². The van der Waals surface area contributed by atoms with Gasteiger partial charge in [-0.1, -0.05) is 55.1 Å². The smallest absolute Gasteiger partial charge is 0.191 e. The molecule has 4 rings (SSSR count). The number of aliphatic hydroxyl groups excluding tert-OH is 1. The number of rotatable bonds is 4. The third-order valence-corrected chi connectivity index (χ3v) is 8.65. The summed E-state index contributed by atoms with van der Waals surface area (Å²) < 4.78 is 26.2. The molecular formula is C21H22O3S. The summed E-state index contributed by atoms with van der Waals surface area (Å²) in [6.45, 7) is 4.19. The van der Waals surface area contributed by atoms with Crippen molar-refractivity contribution in [3.8, 4) is 0 Å². The van der Waals surface area contributed by atoms with E-state index in [0.29, 0.717) is 11.1 Å². The number of hydrogen-bond donors (Lipinski definition) is 1. The molecular weight excluding hydrogens is 332 g/mol. The summed E-state index contributed by atoms with van der Waals surface area (Å²) in [6.07, 6.45) is 1.48. The molecule has 2 aliphatic carbocycles. The van der Waals surface area contributed by atoms with Crippen LogP contribution in [-0.4, -0.2) is 18.3 Å². The molecule has 0 radical (unpaired) electrons. The van der Waals surface area contributed by atoms with Crippen molar-refractivity contribution in [2.75, 3.05) is 0 Å². The SMILES string of the molecule is C=C1[C@H]2CC[C@H](C2)[C@@]1(C(O)c1ccccc1)S(=O)(=O)c1ccccc1. The van der Waals surface area contributed by atoms with E-state index in [4.69, 9.17) is 0 Å². The molecule has 130 valence electrons. The normalized spacial score (nSPS) is 29.7. The number of sulfone groups is 1. The van der Waals surface area contributed by atoms with E-state index in [1.165, 1.54) is 0 Å². The van der Waals surface area contributed by atoms with Crippen molar-refractivity contribution in [2.45, 2.75) is 35.0 Å². The van der Waals surface area contributed by atoms with Gasteiger partial charge in [-0.2, -0.15) is 0 Å². The van der Waals surface area contributed by atoms with Gasteiger partial charge in [-0.25, -0.2) is 8.42 Å². The van der Waals surface area contributed by atoms with E-state index in [0.717, 1.165) is 19.3 Å². The average molecular weight is 354 g/mol. The van der Waals surface area contributed by atoms with Gasteiger partial charge in [-0.3, -0.25) is 0 Å². The summed E-state index contributed by atoms with van der Waals surface area (Å²) in [5.74, 6) is 0.0901. The molecule has 4 heteroatoms. The second kappa shape index (κ2) is 5.82. The topological polar surface area (TPSA) is 54.4 Å². The molecule has 0 amide bonds. The van der Waals surface area contributed by atoms with Gasteiger partial charge in [0.15, 0.2) is 9.84 Å². The second-order valence-corrected chi connectivity index (χ2v) is 9.31. The van der Waals surface area contributed by atoms with Crippen molar-refractivity contribution in [1.29, 1.82) is 0 Å². The maximum Gasteiger partial charge on any atom is 0.191 e. The highest BCUT2D eigenvalue weighted by molar-refractivity contribution is 7.93. The summed E-state index contributed by atoms with van der Waals surface area (Å²) in [5.41, 5.74) is 1.32. The fraction of sp³-hybridized carbons (Fsp3) is 0.333. The van der Waals surface area contributed by atoms with Crippen LogP contribution in [0.2, 0.25) is 0 Å². The monoisotopic (exact) mass is 354 g/mol. The van der Waals surface area contributed by atoms with Crippen LogP contribution in [0.5, 0.6) is 0 Å². The van der Waals surface area contributed by atoms with Crippen molar-refractivity contribution in [3.05, 3.63) is 78.4 Å². The van der Waals surface area contributed by atoms with E-state index in [2.05, 4.69) is 6.58 Å². The minimum Gasteiger partial charge on any atom is -0.386 e. The Morgan fingerprint density at radius 2 is 1.60 bits per heavy atom. The van der Waals surface area contributed by atoms with Crippen LogP contribution in [0.25, 0.3) is 0 Å². The molecule has 25 heavy (non-hydrogen) atoms. The van der Waals surface area contributed by atoms with E-state index >= 15 is 0 Å². The van der Waals surface area contributed by atoms with Gasteiger partial charge in [0.1, 0.15) is 10.9 Å². The van der Waals surface area contributed by atoms with Gasteiger partial charge in [-0.15, -0.1) is 0 Å². The Kier molecular flexibility index (Phi) is 3.85. The fourth-order valence-electron chi connectivity index (χ4n) is 4.88. The van der Waals surface area contributed by atoms with Crippen molar-refractivity contribution >= 4 is 9.84 Å². The molecule has 2 fully saturated rings. The molecule has 2 aliphatic rings. The molecule has 1 unspecified atom stereocenters. The highest BCUT2D eigenvalue weighted by Gasteiger charge is 2.65. The Labute approximate surface area is 148 Å². The predicted octanol–water partition coefficient (Wildman–Crippen LogP) is 3.92. The summed E-state index contributed by atoms with van der Waals surface area (Å²) >= 11 is 0. The van der Waals surface area contributed by atoms with Crippen molar-refractivity contribution in [3.63, 3.8) is 0 Å². The van der Waals surface area contributed by atoms with Gasteiger partial charge in [-0.05, 0) is 54.4 Å². The first-order valence-corrected chi connectivity index (χ1v) is 10.2. The van der Waals surface area contributed by atoms with E-state index in [9.17, 15) is 13.5 Å². The quantitative estimate of drug-likeness (QED) is 0.847. The van der Waals surface area contributed by atoms with Crippen molar-refractivity contribution < 1.29 is 13.5 Å². The van der Waals surface area contributed by atoms with Crippen LogP contribution < -0.4 is 0 Å². The van der Waals surface area contributed by atoms with Crippen LogP contribution in [0.1, 0.15) is 30.9 Å². The van der Waals surface area contributed by atoms with Crippen LogP contribution in [0.4, 0.5) is 0 Å². The largest absolute Gasteiger partial charge is 0.386 e. The Bertz CT molecular complexity index is 889. The molecule has 0 spiro atoms. The molecule has 2 bridgehead atoms. The van der Waals surface area contributed by atoms with Crippen LogP contribution in [-0.2, 0) is 9.84 Å². The summed E-state index contributed by atoms with van der Waals surface area (Å²) in [7, 11) is -3.78. The third-order valence-electron chi connectivity index (χ3n) is 6.05. The van der Waals surface area contributed by atoms with Crippen molar-refractivity contribution in [1.82, 2.24) is 0 Å². The molecule has 0 aliphatic heterocycles. The number of benzene rings is 2. The first kappa shape index (κ1) is 16.6. The van der Waals surface area contributed by atoms with Gasteiger partial charge in [0, 0.05) is 0 Å². The molecule has 1 N–H and O–H groups in total. The van der Waals surface area contributed by atoms with E-state index in [1.807, 2.05) is 18.2 Å². The lowest BCUT2D eigenvalue weighted by Crippen LogP contribution is -2.50. The minimum absolute atomic E-state index is 0.0922. The lowest BCUT2D eigenvalue weighted by molar-refractivity contribution is 0.114. The minimum atomic E-state index is -3.78. The highest BCUT2D eigenvalue weighted by atomic mass is 32.2. The van der Waals surface area contributed by atoms with Crippen LogP contribution in [0.15, 0.2) is 77.7 Å². The highest BCUT2D eigenvalue weighted by Crippen LogP contribution is 2.62. The molecule has 0 heterocycles. The average Bonchev–Trinajstić information content (AvgIpc) is 3.23. The Morgan fingerprint density at radius 3 is 2.16 bits per heavy atom. The Morgan fingerprint density at radius 1 is 1.00 bits per heavy atom. The van der Waals surface area contributed by atoms with Gasteiger partial charge in [0.2, 0.25) is 0 Å². The standard InChI is InChI=1S/C21H22O3S/c1-15-17-12-13-18(14-17)21(15,20(22)16-8-4-2-5-9-16)25(23,24)19-10-6-3-7-11-19/h2-11,17-18,20,22H,1,12-14H2/t17-,18+,20?,21-/m0/s1. The summed E-state index contributed by atoms with van der Waals surface area (Å²) in [4.78, 5) is 0.263. The molecule has 4 atom stereocenters. The maximum absolute atomic E-state index is 13.8.